The van der Waals surface area contributed by atoms with Crippen molar-refractivity contribution in [1.29, 1.82) is 0 Å². The van der Waals surface area contributed by atoms with Gasteiger partial charge in [0, 0.05) is 105 Å². The van der Waals surface area contributed by atoms with E-state index in [1.807, 2.05) is 32.6 Å². The summed E-state index contributed by atoms with van der Waals surface area (Å²) >= 11 is 0. The summed E-state index contributed by atoms with van der Waals surface area (Å²) in [6.07, 6.45) is 13.6. The number of hydrogen-bond donors (Lipinski definition) is 7. The molecule has 5 aromatic rings. The van der Waals surface area contributed by atoms with Gasteiger partial charge < -0.3 is 59.8 Å². The summed E-state index contributed by atoms with van der Waals surface area (Å²) in [5, 5.41) is 22.8. The molecule has 5 aliphatic rings. The zero-order chi connectivity index (χ0) is 54.4. The quantitative estimate of drug-likeness (QED) is 0.0437. The summed E-state index contributed by atoms with van der Waals surface area (Å²) in [4.78, 5) is 77.5. The third kappa shape index (κ3) is 18.5. The molecule has 2 saturated heterocycles. The molecule has 4 aromatic heterocycles. The van der Waals surface area contributed by atoms with Crippen molar-refractivity contribution in [2.24, 2.45) is 29.4 Å². The number of rotatable bonds is 9. The Bertz CT molecular complexity index is 2450. The van der Waals surface area contributed by atoms with Crippen molar-refractivity contribution in [1.82, 2.24) is 55.0 Å². The lowest BCUT2D eigenvalue weighted by Crippen LogP contribution is -2.43. The SMILES string of the molecule is CC(C)C1NCCc2[nH]cnc21.CC(C)C1c2nc[nH]c2CCN1C(=O)Oc1ccc([N+](=O)[O-])cc1.CC(C)C=O.CC(C)[C@H]1c2nc[nH]c2CCN1C(=O)O[C@H]1CCOC1.Cl.NCCc1cnc[nH]1.O[C@H]1CCOC1. The van der Waals surface area contributed by atoms with E-state index in [0.29, 0.717) is 63.8 Å². The number of benzene rings is 1. The van der Waals surface area contributed by atoms with Crippen LogP contribution in [0, 0.1) is 33.8 Å². The lowest BCUT2D eigenvalue weighted by molar-refractivity contribution is -0.384. The van der Waals surface area contributed by atoms with Crippen molar-refractivity contribution in [3.63, 3.8) is 0 Å². The maximum atomic E-state index is 12.6. The number of ether oxygens (including phenoxy) is 4. The molecule has 8 N–H and O–H groups in total. The van der Waals surface area contributed by atoms with Gasteiger partial charge in [-0.05, 0) is 42.9 Å². The van der Waals surface area contributed by atoms with Crippen molar-refractivity contribution in [3.8, 4) is 5.75 Å². The Morgan fingerprint density at radius 3 is 1.76 bits per heavy atom. The van der Waals surface area contributed by atoms with Gasteiger partial charge in [-0.3, -0.25) is 19.9 Å². The van der Waals surface area contributed by atoms with Crippen LogP contribution in [-0.4, -0.2) is 143 Å². The van der Waals surface area contributed by atoms with Crippen LogP contribution in [0.3, 0.4) is 0 Å². The first-order chi connectivity index (χ1) is 36.0. The summed E-state index contributed by atoms with van der Waals surface area (Å²) in [6.45, 7) is 21.8. The van der Waals surface area contributed by atoms with Crippen molar-refractivity contribution in [2.45, 2.75) is 124 Å². The highest BCUT2D eigenvalue weighted by Crippen LogP contribution is 2.35. The predicted octanol–water partition coefficient (Wildman–Crippen LogP) is 7.16. The van der Waals surface area contributed by atoms with Gasteiger partial charge in [0.2, 0.25) is 0 Å². The molecule has 0 saturated carbocycles. The molecular formula is C52H80ClN13O10. The minimum atomic E-state index is -0.496. The number of nitrogens with zero attached hydrogens (tertiary/aromatic N) is 7. The number of non-ortho nitro benzene ring substituents is 1. The van der Waals surface area contributed by atoms with E-state index in [4.69, 9.17) is 29.8 Å². The molecule has 1 aromatic carbocycles. The Labute approximate surface area is 451 Å². The minimum absolute atomic E-state index is 0. The summed E-state index contributed by atoms with van der Waals surface area (Å²) in [6, 6.07) is 5.73. The van der Waals surface area contributed by atoms with E-state index in [1.165, 1.54) is 35.7 Å². The standard InChI is InChI=1S/C16H18N4O4.C14H21N3O3.C9H15N3.C5H9N3.C4H8O2.C4H8O.ClH/c1-10(2)15-14-13(17-9-18-14)7-8-19(15)16(21)24-12-5-3-11(4-6-12)20(22)23;1-9(2)13-12-11(15-8-16-12)3-5-17(13)14(18)20-10-4-6-19-7-10;1-6(2)8-9-7(3-4-10-8)11-5-12-9;6-2-1-5-3-7-4-8-5;5-4-1-2-6-3-4;1-4(2)3-5;/h3-6,9-10,15H,7-8H2,1-2H3,(H,17,18);8-10,13H,3-7H2,1-2H3,(H,15,16);5-6,8,10H,3-4H2,1-2H3,(H,11,12);3-4H,1-2,6H2,(H,7,8);4-5H,1-3H2;3-4H,1-2H3;1H/t;10-,13-;;;4-;;/m.0..0../s1. The number of aliphatic hydroxyl groups excluding tert-OH is 1. The minimum Gasteiger partial charge on any atom is -0.444 e. The second-order valence-electron chi connectivity index (χ2n) is 20.0. The first kappa shape index (κ1) is 62.3. The molecule has 420 valence electrons. The predicted molar refractivity (Wildman–Crippen MR) is 287 cm³/mol. The molecule has 0 bridgehead atoms. The number of halogens is 1. The molecule has 23 nitrogen and oxygen atoms in total. The molecule has 2 unspecified atom stereocenters. The van der Waals surface area contributed by atoms with Crippen molar-refractivity contribution in [2.75, 3.05) is 52.6 Å². The molecule has 2 fully saturated rings. The van der Waals surface area contributed by atoms with Crippen LogP contribution in [0.25, 0.3) is 0 Å². The molecule has 0 radical (unpaired) electrons. The average molecular weight is 1080 g/mol. The van der Waals surface area contributed by atoms with Crippen LogP contribution in [0.1, 0.15) is 126 Å². The number of carbonyl (C=O) groups is 3. The second kappa shape index (κ2) is 31.7. The number of carbonyl (C=O) groups excluding carboxylic acids is 3. The Hall–Kier alpha value is -6.24. The number of amides is 2. The lowest BCUT2D eigenvalue weighted by atomic mass is 9.93. The number of nitro groups is 1. The lowest BCUT2D eigenvalue weighted by Gasteiger charge is -2.36. The van der Waals surface area contributed by atoms with Gasteiger partial charge in [0.25, 0.3) is 5.69 Å². The fraction of sp³-hybridized carbons (Fsp3) is 0.596. The number of aliphatic hydroxyl groups is 1. The van der Waals surface area contributed by atoms with E-state index in [2.05, 4.69) is 72.9 Å². The summed E-state index contributed by atoms with van der Waals surface area (Å²) in [7, 11) is 0. The molecular weight excluding hydrogens is 1000 g/mol. The van der Waals surface area contributed by atoms with Gasteiger partial charge in [-0.2, -0.15) is 0 Å². The number of hydrogen-bond acceptors (Lipinski definition) is 16. The normalized spacial score (nSPS) is 20.0. The van der Waals surface area contributed by atoms with Gasteiger partial charge >= 0.3 is 12.2 Å². The summed E-state index contributed by atoms with van der Waals surface area (Å²) < 4.78 is 21.0. The molecule has 76 heavy (non-hydrogen) atoms. The van der Waals surface area contributed by atoms with Gasteiger partial charge in [0.05, 0.1) is 91.4 Å². The largest absolute Gasteiger partial charge is 0.444 e. The van der Waals surface area contributed by atoms with Crippen molar-refractivity contribution in [3.05, 3.63) is 106 Å². The Kier molecular flexibility index (Phi) is 26.0. The first-order valence-electron chi connectivity index (χ1n) is 26.0. The first-order valence-corrected chi connectivity index (χ1v) is 26.0. The molecule has 0 spiro atoms. The Balaban J connectivity index is 0.000000214. The second-order valence-corrected chi connectivity index (χ2v) is 20.0. The van der Waals surface area contributed by atoms with Gasteiger partial charge in [-0.15, -0.1) is 12.4 Å². The zero-order valence-electron chi connectivity index (χ0n) is 45.1. The fourth-order valence-electron chi connectivity index (χ4n) is 8.88. The number of fused-ring (bicyclic) bond motifs is 3. The van der Waals surface area contributed by atoms with Crippen molar-refractivity contribution < 1.29 is 43.4 Å². The van der Waals surface area contributed by atoms with Crippen LogP contribution < -0.4 is 15.8 Å². The number of nitrogens with one attached hydrogen (secondary N) is 5. The van der Waals surface area contributed by atoms with E-state index < -0.39 is 11.0 Å². The van der Waals surface area contributed by atoms with Crippen LogP contribution in [0.4, 0.5) is 15.3 Å². The average Bonchev–Trinajstić information content (AvgIpc) is 4.26. The smallest absolute Gasteiger partial charge is 0.415 e. The molecule has 5 atom stereocenters. The van der Waals surface area contributed by atoms with Crippen LogP contribution in [-0.2, 0) is 44.7 Å². The molecule has 10 rings (SSSR count). The van der Waals surface area contributed by atoms with Crippen LogP contribution >= 0.6 is 12.4 Å². The number of aromatic amines is 4. The van der Waals surface area contributed by atoms with E-state index in [9.17, 15) is 24.5 Å². The maximum Gasteiger partial charge on any atom is 0.415 e. The fourth-order valence-corrected chi connectivity index (χ4v) is 8.88. The third-order valence-electron chi connectivity index (χ3n) is 12.7. The maximum absolute atomic E-state index is 12.6. The molecule has 24 heteroatoms. The monoisotopic (exact) mass is 1080 g/mol. The number of H-pyrrole nitrogens is 4. The number of aromatic nitrogens is 8. The highest BCUT2D eigenvalue weighted by Gasteiger charge is 2.38. The van der Waals surface area contributed by atoms with Crippen LogP contribution in [0.5, 0.6) is 5.75 Å². The molecule has 9 heterocycles. The molecule has 2 amide bonds. The van der Waals surface area contributed by atoms with Gasteiger partial charge in [0.1, 0.15) is 18.1 Å². The molecule has 5 aliphatic heterocycles. The zero-order valence-corrected chi connectivity index (χ0v) is 45.9. The Morgan fingerprint density at radius 1 is 0.789 bits per heavy atom. The van der Waals surface area contributed by atoms with Gasteiger partial charge in [-0.25, -0.2) is 29.5 Å². The topological polar surface area (TPSA) is 311 Å². The van der Waals surface area contributed by atoms with Crippen LogP contribution in [0.2, 0.25) is 0 Å². The van der Waals surface area contributed by atoms with E-state index in [1.54, 1.807) is 36.4 Å². The number of aldehydes is 1. The van der Waals surface area contributed by atoms with E-state index in [-0.39, 0.29) is 66.1 Å². The summed E-state index contributed by atoms with van der Waals surface area (Å²) in [5.74, 6) is 1.57. The van der Waals surface area contributed by atoms with Crippen LogP contribution in [0.15, 0.2) is 55.8 Å². The van der Waals surface area contributed by atoms with Crippen molar-refractivity contribution >= 4 is 36.6 Å². The third-order valence-corrected chi connectivity index (χ3v) is 12.7. The number of imidazole rings is 4. The van der Waals surface area contributed by atoms with E-state index in [0.717, 1.165) is 80.0 Å². The number of nitrogens with two attached hydrogens (primary N) is 1. The molecule has 0 aliphatic carbocycles. The highest BCUT2D eigenvalue weighted by molar-refractivity contribution is 5.85. The summed E-state index contributed by atoms with van der Waals surface area (Å²) in [5.41, 5.74) is 12.9. The van der Waals surface area contributed by atoms with Gasteiger partial charge in [0.15, 0.2) is 0 Å². The Morgan fingerprint density at radius 2 is 1.33 bits per heavy atom. The highest BCUT2D eigenvalue weighted by atomic mass is 35.5. The van der Waals surface area contributed by atoms with E-state index >= 15 is 0 Å². The number of nitro benzene ring substituents is 1. The van der Waals surface area contributed by atoms with Gasteiger partial charge in [-0.1, -0.05) is 55.4 Å².